The summed E-state index contributed by atoms with van der Waals surface area (Å²) in [5, 5.41) is 17.0. The van der Waals surface area contributed by atoms with Crippen LogP contribution in [0.4, 0.5) is 15.8 Å². The minimum atomic E-state index is -1.32. The van der Waals surface area contributed by atoms with Gasteiger partial charge < -0.3 is 20.5 Å². The van der Waals surface area contributed by atoms with Gasteiger partial charge in [0.25, 0.3) is 0 Å². The highest BCUT2D eigenvalue weighted by Crippen LogP contribution is 2.47. The van der Waals surface area contributed by atoms with Gasteiger partial charge in [0.1, 0.15) is 29.6 Å². The third-order valence-electron chi connectivity index (χ3n) is 5.37. The number of nitrogens with one attached hydrogen (secondary N) is 2. The lowest BCUT2D eigenvalue weighted by Gasteiger charge is -2.34. The molecule has 2 aromatic rings. The molecule has 0 amide bonds. The first kappa shape index (κ1) is 24.8. The average molecular weight is 473 g/mol. The summed E-state index contributed by atoms with van der Waals surface area (Å²) in [6.07, 6.45) is 0.640. The second-order valence-corrected chi connectivity index (χ2v) is 10.4. The van der Waals surface area contributed by atoms with Crippen molar-refractivity contribution in [3.63, 3.8) is 0 Å². The number of para-hydroxylation sites is 1. The average Bonchev–Trinajstić information content (AvgIpc) is 2.90. The van der Waals surface area contributed by atoms with Gasteiger partial charge in [-0.25, -0.2) is 4.39 Å². The van der Waals surface area contributed by atoms with Crippen LogP contribution in [0.3, 0.4) is 0 Å². The molecule has 2 heterocycles. The normalized spacial score (nSPS) is 20.7. The first-order valence-electron chi connectivity index (χ1n) is 11.2. The molecule has 178 valence electrons. The number of ether oxygens (including phenoxy) is 1. The van der Waals surface area contributed by atoms with Crippen molar-refractivity contribution in [1.29, 1.82) is 0 Å². The van der Waals surface area contributed by atoms with Crippen LogP contribution in [0.25, 0.3) is 0 Å². The van der Waals surface area contributed by atoms with E-state index in [0.717, 1.165) is 11.3 Å². The number of benzene rings is 2. The molecule has 2 aromatic carbocycles. The molecule has 5 nitrogen and oxygen atoms in total. The fraction of sp³-hybridized carbons (Fsp3) is 0.385. The van der Waals surface area contributed by atoms with Crippen molar-refractivity contribution >= 4 is 22.2 Å². The topological polar surface area (TPSA) is 70.6 Å². The first-order chi connectivity index (χ1) is 15.6. The van der Waals surface area contributed by atoms with Gasteiger partial charge in [0, 0.05) is 23.1 Å². The summed E-state index contributed by atoms with van der Waals surface area (Å²) in [7, 11) is -1.32. The lowest BCUT2D eigenvalue weighted by Crippen LogP contribution is -2.32. The Labute approximate surface area is 198 Å². The van der Waals surface area contributed by atoms with Crippen molar-refractivity contribution in [1.82, 2.24) is 0 Å². The van der Waals surface area contributed by atoms with Crippen LogP contribution in [-0.4, -0.2) is 21.7 Å². The molecule has 0 spiro atoms. The summed E-state index contributed by atoms with van der Waals surface area (Å²) in [5.41, 5.74) is 2.92. The Morgan fingerprint density at radius 1 is 1.30 bits per heavy atom. The number of hydrogen-bond donors (Lipinski definition) is 3. The van der Waals surface area contributed by atoms with Gasteiger partial charge in [-0.15, -0.1) is 0 Å². The number of allylic oxidation sites excluding steroid dienone is 1. The Bertz CT molecular complexity index is 1110. The van der Waals surface area contributed by atoms with E-state index >= 15 is 4.39 Å². The SMILES string of the molecule is C=C(C)COc1ccc(C2Nc3cccc(O)c3NC3=C2S(=O)CC(C)(C)C3)c(F)c1.CC. The van der Waals surface area contributed by atoms with Crippen molar-refractivity contribution in [2.45, 2.75) is 47.1 Å². The third-order valence-corrected chi connectivity index (χ3v) is 7.38. The molecule has 2 aliphatic heterocycles. The van der Waals surface area contributed by atoms with Gasteiger partial charge in [-0.1, -0.05) is 40.3 Å². The van der Waals surface area contributed by atoms with Crippen LogP contribution in [-0.2, 0) is 10.8 Å². The van der Waals surface area contributed by atoms with Gasteiger partial charge in [-0.2, -0.15) is 0 Å². The van der Waals surface area contributed by atoms with Crippen molar-refractivity contribution < 1.29 is 18.4 Å². The molecule has 2 aliphatic rings. The molecule has 33 heavy (non-hydrogen) atoms. The smallest absolute Gasteiger partial charge is 0.141 e. The number of phenolic OH excluding ortho intramolecular Hbond substituents is 1. The third kappa shape index (κ3) is 5.41. The molecule has 0 saturated carbocycles. The fourth-order valence-electron chi connectivity index (χ4n) is 4.02. The highest BCUT2D eigenvalue weighted by Gasteiger charge is 2.39. The maximum absolute atomic E-state index is 15.3. The molecular weight excluding hydrogens is 439 g/mol. The Hall–Kier alpha value is -2.80. The molecule has 0 saturated heterocycles. The Morgan fingerprint density at radius 3 is 2.70 bits per heavy atom. The predicted molar refractivity (Wildman–Crippen MR) is 135 cm³/mol. The molecule has 7 heteroatoms. The zero-order chi connectivity index (χ0) is 24.3. The van der Waals surface area contributed by atoms with Gasteiger partial charge in [0.05, 0.1) is 27.4 Å². The van der Waals surface area contributed by atoms with E-state index in [1.54, 1.807) is 24.3 Å². The summed E-state index contributed by atoms with van der Waals surface area (Å²) in [5.74, 6) is 0.522. The quantitative estimate of drug-likeness (QED) is 0.351. The summed E-state index contributed by atoms with van der Waals surface area (Å²) in [6.45, 7) is 14.1. The summed E-state index contributed by atoms with van der Waals surface area (Å²) >= 11 is 0. The number of halogens is 1. The van der Waals surface area contributed by atoms with Crippen molar-refractivity contribution in [2.24, 2.45) is 5.41 Å². The maximum atomic E-state index is 15.3. The minimum Gasteiger partial charge on any atom is -0.506 e. The van der Waals surface area contributed by atoms with Gasteiger partial charge in [0.2, 0.25) is 0 Å². The largest absolute Gasteiger partial charge is 0.506 e. The zero-order valence-corrected chi connectivity index (χ0v) is 20.7. The molecule has 0 radical (unpaired) electrons. The van der Waals surface area contributed by atoms with Gasteiger partial charge >= 0.3 is 0 Å². The van der Waals surface area contributed by atoms with Crippen molar-refractivity contribution in [2.75, 3.05) is 23.0 Å². The molecule has 2 atom stereocenters. The first-order valence-corrected chi connectivity index (χ1v) is 12.5. The van der Waals surface area contributed by atoms with Gasteiger partial charge in [0.15, 0.2) is 0 Å². The van der Waals surface area contributed by atoms with E-state index in [0.29, 0.717) is 46.4 Å². The molecule has 3 N–H and O–H groups in total. The minimum absolute atomic E-state index is 0.0793. The molecule has 2 unspecified atom stereocenters. The van der Waals surface area contributed by atoms with E-state index in [2.05, 4.69) is 31.1 Å². The second-order valence-electron chi connectivity index (χ2n) is 9.00. The number of fused-ring (bicyclic) bond motifs is 1. The standard InChI is InChI=1S/C24H27FN2O3S.C2H6/c1-14(2)12-30-15-8-9-16(17(25)10-15)21-23-19(11-24(3,4)13-31(23)29)27-22-18(26-21)6-5-7-20(22)28;1-2/h5-10,21,26-28H,1,11-13H2,2-4H3;1-2H3. The van der Waals surface area contributed by atoms with E-state index in [4.69, 9.17) is 4.74 Å². The lowest BCUT2D eigenvalue weighted by molar-refractivity contribution is 0.350. The number of aromatic hydroxyl groups is 1. The van der Waals surface area contributed by atoms with Crippen molar-refractivity contribution in [3.05, 3.63) is 70.5 Å². The van der Waals surface area contributed by atoms with Crippen LogP contribution in [0.5, 0.6) is 11.5 Å². The highest BCUT2D eigenvalue weighted by atomic mass is 32.2. The summed E-state index contributed by atoms with van der Waals surface area (Å²) < 4.78 is 34.1. The van der Waals surface area contributed by atoms with Crippen LogP contribution >= 0.6 is 0 Å². The molecule has 0 aliphatic carbocycles. The monoisotopic (exact) mass is 472 g/mol. The summed E-state index contributed by atoms with van der Waals surface area (Å²) in [4.78, 5) is 0.615. The summed E-state index contributed by atoms with van der Waals surface area (Å²) in [6, 6.07) is 9.19. The van der Waals surface area contributed by atoms with Gasteiger partial charge in [-0.05, 0) is 48.6 Å². The molecule has 0 aromatic heterocycles. The lowest BCUT2D eigenvalue weighted by atomic mass is 9.88. The van der Waals surface area contributed by atoms with Crippen LogP contribution < -0.4 is 15.4 Å². The number of phenols is 1. The molecular formula is C26H33FN2O3S. The van der Waals surface area contributed by atoms with Crippen LogP contribution in [0, 0.1) is 11.2 Å². The van der Waals surface area contributed by atoms with Crippen LogP contribution in [0.2, 0.25) is 0 Å². The van der Waals surface area contributed by atoms with Gasteiger partial charge in [-0.3, -0.25) is 4.21 Å². The van der Waals surface area contributed by atoms with E-state index in [1.165, 1.54) is 6.07 Å². The molecule has 4 rings (SSSR count). The molecule has 0 fully saturated rings. The van der Waals surface area contributed by atoms with Crippen molar-refractivity contribution in [3.8, 4) is 11.5 Å². The van der Waals surface area contributed by atoms with Crippen LogP contribution in [0.15, 0.2) is 59.2 Å². The Kier molecular flexibility index (Phi) is 7.52. The van der Waals surface area contributed by atoms with E-state index < -0.39 is 22.7 Å². The maximum Gasteiger partial charge on any atom is 0.141 e. The van der Waals surface area contributed by atoms with E-state index in [9.17, 15) is 9.32 Å². The number of rotatable bonds is 4. The van der Waals surface area contributed by atoms with Crippen LogP contribution in [0.1, 0.15) is 52.6 Å². The van der Waals surface area contributed by atoms with E-state index in [1.807, 2.05) is 26.8 Å². The Balaban J connectivity index is 0.00000149. The molecule has 0 bridgehead atoms. The predicted octanol–water partition coefficient (Wildman–Crippen LogP) is 6.48. The number of anilines is 2. The number of hydrogen-bond acceptors (Lipinski definition) is 5. The Morgan fingerprint density at radius 2 is 2.03 bits per heavy atom. The zero-order valence-electron chi connectivity index (χ0n) is 19.9. The van der Waals surface area contributed by atoms with E-state index in [-0.39, 0.29) is 11.2 Å². The fourth-order valence-corrected chi connectivity index (χ4v) is 5.83. The second kappa shape index (κ2) is 10.00. The highest BCUT2D eigenvalue weighted by molar-refractivity contribution is 7.89.